The van der Waals surface area contributed by atoms with Crippen molar-refractivity contribution in [1.29, 1.82) is 0 Å². The summed E-state index contributed by atoms with van der Waals surface area (Å²) in [5, 5.41) is 3.13. The Bertz CT molecular complexity index is 918. The Labute approximate surface area is 144 Å². The fourth-order valence-corrected chi connectivity index (χ4v) is 2.88. The first-order valence-corrected chi connectivity index (χ1v) is 8.36. The molecule has 1 amide bonds. The fraction of sp³-hybridized carbons (Fsp3) is 0.263. The number of halogens is 1. The molecule has 3 aromatic rings. The summed E-state index contributed by atoms with van der Waals surface area (Å²) in [6.45, 7) is 0.323. The molecular formula is C19H18FN3O2. The fourth-order valence-electron chi connectivity index (χ4n) is 2.88. The van der Waals surface area contributed by atoms with Gasteiger partial charge in [-0.3, -0.25) is 4.79 Å². The summed E-state index contributed by atoms with van der Waals surface area (Å²) in [6, 6.07) is 8.34. The molecule has 0 aliphatic heterocycles. The van der Waals surface area contributed by atoms with Crippen LogP contribution in [0.2, 0.25) is 0 Å². The Balaban J connectivity index is 1.45. The highest BCUT2D eigenvalue weighted by Crippen LogP contribution is 2.24. The van der Waals surface area contributed by atoms with Crippen molar-refractivity contribution < 1.29 is 13.9 Å². The number of ether oxygens (including phenoxy) is 1. The molecule has 25 heavy (non-hydrogen) atoms. The van der Waals surface area contributed by atoms with Gasteiger partial charge in [-0.1, -0.05) is 6.07 Å². The van der Waals surface area contributed by atoms with Crippen LogP contribution < -0.4 is 10.1 Å². The van der Waals surface area contributed by atoms with Gasteiger partial charge in [0.15, 0.2) is 0 Å². The van der Waals surface area contributed by atoms with Crippen LogP contribution in [0.15, 0.2) is 42.7 Å². The van der Waals surface area contributed by atoms with Gasteiger partial charge in [0.25, 0.3) is 5.91 Å². The molecule has 1 aromatic carbocycles. The molecule has 6 heteroatoms. The molecule has 0 bridgehead atoms. The molecule has 2 heterocycles. The van der Waals surface area contributed by atoms with Gasteiger partial charge in [0.05, 0.1) is 5.56 Å². The number of carbonyl (C=O) groups excluding carboxylic acids is 1. The van der Waals surface area contributed by atoms with E-state index in [1.165, 1.54) is 18.7 Å². The van der Waals surface area contributed by atoms with Crippen molar-refractivity contribution in [2.24, 2.45) is 0 Å². The zero-order valence-electron chi connectivity index (χ0n) is 13.6. The molecule has 0 atom stereocenters. The van der Waals surface area contributed by atoms with Gasteiger partial charge in [0, 0.05) is 35.9 Å². The van der Waals surface area contributed by atoms with E-state index in [1.54, 1.807) is 18.3 Å². The lowest BCUT2D eigenvalue weighted by Gasteiger charge is -2.25. The Hall–Kier alpha value is -2.89. The van der Waals surface area contributed by atoms with Crippen molar-refractivity contribution >= 4 is 16.8 Å². The van der Waals surface area contributed by atoms with Crippen molar-refractivity contribution in [3.8, 4) is 5.88 Å². The Morgan fingerprint density at radius 2 is 2.24 bits per heavy atom. The summed E-state index contributed by atoms with van der Waals surface area (Å²) in [5.74, 6) is -0.159. The van der Waals surface area contributed by atoms with Gasteiger partial charge >= 0.3 is 0 Å². The Morgan fingerprint density at radius 3 is 3.04 bits per heavy atom. The molecule has 0 radical (unpaired) electrons. The molecule has 1 aliphatic rings. The van der Waals surface area contributed by atoms with Crippen molar-refractivity contribution in [3.63, 3.8) is 0 Å². The van der Waals surface area contributed by atoms with Crippen LogP contribution >= 0.6 is 0 Å². The molecule has 128 valence electrons. The van der Waals surface area contributed by atoms with Gasteiger partial charge in [-0.25, -0.2) is 9.37 Å². The Kier molecular flexibility index (Phi) is 4.09. The first kappa shape index (κ1) is 15.6. The standard InChI is InChI=1S/C19H18FN3O2/c20-15-5-2-6-16-18(15)14(11-22-16)19(24)23-10-12-7-8-21-17(9-12)25-13-3-1-4-13/h2,5-9,11,13,22H,1,3-4,10H2,(H,23,24). The van der Waals surface area contributed by atoms with E-state index in [-0.39, 0.29) is 12.0 Å². The largest absolute Gasteiger partial charge is 0.474 e. The van der Waals surface area contributed by atoms with Crippen LogP contribution in [0, 0.1) is 5.82 Å². The number of nitrogens with zero attached hydrogens (tertiary/aromatic N) is 1. The average molecular weight is 339 g/mol. The number of H-pyrrole nitrogens is 1. The SMILES string of the molecule is O=C(NCc1ccnc(OC2CCC2)c1)c1c[nH]c2cccc(F)c12. The number of aromatic amines is 1. The van der Waals surface area contributed by atoms with Crippen LogP contribution in [0.3, 0.4) is 0 Å². The summed E-state index contributed by atoms with van der Waals surface area (Å²) in [5.41, 5.74) is 1.79. The first-order chi connectivity index (χ1) is 12.2. The van der Waals surface area contributed by atoms with E-state index < -0.39 is 5.82 Å². The minimum absolute atomic E-state index is 0.256. The van der Waals surface area contributed by atoms with E-state index in [2.05, 4.69) is 15.3 Å². The third kappa shape index (κ3) is 3.20. The third-order valence-electron chi connectivity index (χ3n) is 4.49. The maximum atomic E-state index is 14.0. The van der Waals surface area contributed by atoms with Crippen LogP contribution in [0.1, 0.15) is 35.2 Å². The predicted molar refractivity (Wildman–Crippen MR) is 91.9 cm³/mol. The van der Waals surface area contributed by atoms with Crippen LogP contribution in [-0.4, -0.2) is 22.0 Å². The monoisotopic (exact) mass is 339 g/mol. The van der Waals surface area contributed by atoms with Crippen LogP contribution in [0.25, 0.3) is 10.9 Å². The second kappa shape index (κ2) is 6.55. The van der Waals surface area contributed by atoms with E-state index in [0.717, 1.165) is 18.4 Å². The highest BCUT2D eigenvalue weighted by molar-refractivity contribution is 6.06. The third-order valence-corrected chi connectivity index (χ3v) is 4.49. The number of aromatic nitrogens is 2. The topological polar surface area (TPSA) is 67.0 Å². The van der Waals surface area contributed by atoms with Crippen molar-refractivity contribution in [2.75, 3.05) is 0 Å². The van der Waals surface area contributed by atoms with Gasteiger partial charge in [0.1, 0.15) is 11.9 Å². The van der Waals surface area contributed by atoms with E-state index in [0.29, 0.717) is 28.9 Å². The number of nitrogens with one attached hydrogen (secondary N) is 2. The number of hydrogen-bond donors (Lipinski definition) is 2. The summed E-state index contributed by atoms with van der Waals surface area (Å²) in [4.78, 5) is 19.5. The molecule has 2 N–H and O–H groups in total. The highest BCUT2D eigenvalue weighted by atomic mass is 19.1. The van der Waals surface area contributed by atoms with E-state index >= 15 is 0 Å². The molecule has 0 unspecified atom stereocenters. The van der Waals surface area contributed by atoms with Gasteiger partial charge in [0.2, 0.25) is 5.88 Å². The molecule has 4 rings (SSSR count). The normalized spacial score (nSPS) is 14.3. The number of carbonyl (C=O) groups is 1. The lowest BCUT2D eigenvalue weighted by Crippen LogP contribution is -2.25. The van der Waals surface area contributed by atoms with Crippen molar-refractivity contribution in [1.82, 2.24) is 15.3 Å². The summed E-state index contributed by atoms with van der Waals surface area (Å²) in [6.07, 6.45) is 6.78. The summed E-state index contributed by atoms with van der Waals surface area (Å²) < 4.78 is 19.8. The zero-order chi connectivity index (χ0) is 17.2. The molecule has 2 aromatic heterocycles. The minimum Gasteiger partial charge on any atom is -0.474 e. The van der Waals surface area contributed by atoms with Crippen LogP contribution in [0.4, 0.5) is 4.39 Å². The summed E-state index contributed by atoms with van der Waals surface area (Å²) >= 11 is 0. The molecule has 5 nitrogen and oxygen atoms in total. The Morgan fingerprint density at radius 1 is 1.36 bits per heavy atom. The van der Waals surface area contributed by atoms with Crippen molar-refractivity contribution in [2.45, 2.75) is 31.9 Å². The smallest absolute Gasteiger partial charge is 0.253 e. The van der Waals surface area contributed by atoms with E-state index in [4.69, 9.17) is 4.74 Å². The molecular weight excluding hydrogens is 321 g/mol. The minimum atomic E-state index is -0.413. The maximum absolute atomic E-state index is 14.0. The number of rotatable bonds is 5. The lowest BCUT2D eigenvalue weighted by molar-refractivity contribution is 0.0951. The predicted octanol–water partition coefficient (Wildman–Crippen LogP) is 3.56. The number of benzene rings is 1. The average Bonchev–Trinajstić information content (AvgIpc) is 3.02. The molecule has 1 saturated carbocycles. The zero-order valence-corrected chi connectivity index (χ0v) is 13.6. The van der Waals surface area contributed by atoms with Crippen molar-refractivity contribution in [3.05, 3.63) is 59.7 Å². The molecule has 1 aliphatic carbocycles. The molecule has 0 spiro atoms. The van der Waals surface area contributed by atoms with Gasteiger partial charge in [-0.05, 0) is 43.0 Å². The van der Waals surface area contributed by atoms with Gasteiger partial charge < -0.3 is 15.0 Å². The summed E-state index contributed by atoms with van der Waals surface area (Å²) in [7, 11) is 0. The van der Waals surface area contributed by atoms with Crippen LogP contribution in [-0.2, 0) is 6.54 Å². The van der Waals surface area contributed by atoms with E-state index in [9.17, 15) is 9.18 Å². The lowest BCUT2D eigenvalue weighted by atomic mass is 9.96. The number of fused-ring (bicyclic) bond motifs is 1. The van der Waals surface area contributed by atoms with Gasteiger partial charge in [-0.15, -0.1) is 0 Å². The van der Waals surface area contributed by atoms with E-state index in [1.807, 2.05) is 12.1 Å². The number of pyridine rings is 1. The number of hydrogen-bond acceptors (Lipinski definition) is 3. The second-order valence-electron chi connectivity index (χ2n) is 6.22. The van der Waals surface area contributed by atoms with Gasteiger partial charge in [-0.2, -0.15) is 0 Å². The highest BCUT2D eigenvalue weighted by Gasteiger charge is 2.20. The molecule has 1 fully saturated rings. The first-order valence-electron chi connectivity index (χ1n) is 8.36. The van der Waals surface area contributed by atoms with Crippen LogP contribution in [0.5, 0.6) is 5.88 Å². The molecule has 0 saturated heterocycles. The quantitative estimate of drug-likeness (QED) is 0.747. The maximum Gasteiger partial charge on any atom is 0.253 e. The second-order valence-corrected chi connectivity index (χ2v) is 6.22. The number of amides is 1.